The Morgan fingerprint density at radius 1 is 1.29 bits per heavy atom. The molecule has 1 heterocycles. The summed E-state index contributed by atoms with van der Waals surface area (Å²) in [6.45, 7) is 0.407. The number of aromatic nitrogens is 1. The molecule has 0 unspecified atom stereocenters. The van der Waals surface area contributed by atoms with Gasteiger partial charge >= 0.3 is 0 Å². The van der Waals surface area contributed by atoms with E-state index >= 15 is 0 Å². The molecule has 17 heavy (non-hydrogen) atoms. The zero-order valence-corrected chi connectivity index (χ0v) is 11.1. The van der Waals surface area contributed by atoms with Gasteiger partial charge in [0.1, 0.15) is 0 Å². The second-order valence-corrected chi connectivity index (χ2v) is 4.41. The predicted molar refractivity (Wildman–Crippen MR) is 71.8 cm³/mol. The number of methoxy groups -OCH3 is 1. The average molecular weight is 293 g/mol. The lowest BCUT2D eigenvalue weighted by Gasteiger charge is -2.10. The van der Waals surface area contributed by atoms with Gasteiger partial charge < -0.3 is 10.5 Å². The molecule has 2 aromatic rings. The average Bonchev–Trinajstić information content (AvgIpc) is 2.39. The molecule has 3 nitrogen and oxygen atoms in total. The highest BCUT2D eigenvalue weighted by Crippen LogP contribution is 2.30. The van der Waals surface area contributed by atoms with Crippen molar-refractivity contribution in [3.8, 4) is 17.1 Å². The second kappa shape index (κ2) is 5.29. The van der Waals surface area contributed by atoms with E-state index in [-0.39, 0.29) is 0 Å². The minimum absolute atomic E-state index is 0.407. The van der Waals surface area contributed by atoms with Gasteiger partial charge in [-0.05, 0) is 22.0 Å². The summed E-state index contributed by atoms with van der Waals surface area (Å²) in [5.41, 5.74) is 8.43. The van der Waals surface area contributed by atoms with Crippen molar-refractivity contribution in [2.24, 2.45) is 5.73 Å². The molecule has 0 fully saturated rings. The molecule has 0 amide bonds. The molecule has 1 aromatic carbocycles. The van der Waals surface area contributed by atoms with E-state index in [0.717, 1.165) is 21.3 Å². The summed E-state index contributed by atoms with van der Waals surface area (Å²) < 4.78 is 6.16. The first kappa shape index (κ1) is 12.1. The number of ether oxygens (including phenoxy) is 1. The fourth-order valence-electron chi connectivity index (χ4n) is 1.63. The van der Waals surface area contributed by atoms with Gasteiger partial charge in [-0.25, -0.2) is 4.98 Å². The van der Waals surface area contributed by atoms with Crippen LogP contribution in [0, 0.1) is 0 Å². The van der Waals surface area contributed by atoms with Gasteiger partial charge in [0.2, 0.25) is 5.88 Å². The topological polar surface area (TPSA) is 48.1 Å². The Balaban J connectivity index is 2.56. The van der Waals surface area contributed by atoms with Crippen LogP contribution in [0.15, 0.2) is 40.9 Å². The van der Waals surface area contributed by atoms with Crippen molar-refractivity contribution < 1.29 is 4.74 Å². The van der Waals surface area contributed by atoms with Crippen molar-refractivity contribution in [3.63, 3.8) is 0 Å². The summed E-state index contributed by atoms with van der Waals surface area (Å²) in [7, 11) is 1.60. The first-order valence-corrected chi connectivity index (χ1v) is 6.04. The van der Waals surface area contributed by atoms with E-state index < -0.39 is 0 Å². The lowest BCUT2D eigenvalue weighted by atomic mass is 10.1. The zero-order valence-electron chi connectivity index (χ0n) is 9.48. The quantitative estimate of drug-likeness (QED) is 0.946. The number of rotatable bonds is 3. The Kier molecular flexibility index (Phi) is 3.76. The third kappa shape index (κ3) is 2.48. The highest BCUT2D eigenvalue weighted by atomic mass is 79.9. The normalized spacial score (nSPS) is 10.3. The van der Waals surface area contributed by atoms with Gasteiger partial charge in [0.25, 0.3) is 0 Å². The van der Waals surface area contributed by atoms with Crippen LogP contribution >= 0.6 is 15.9 Å². The minimum Gasteiger partial charge on any atom is -0.481 e. The summed E-state index contributed by atoms with van der Waals surface area (Å²) in [6, 6.07) is 11.9. The Hall–Kier alpha value is -1.39. The maximum Gasteiger partial charge on any atom is 0.218 e. The number of pyridine rings is 1. The summed E-state index contributed by atoms with van der Waals surface area (Å²) >= 11 is 3.51. The molecule has 88 valence electrons. The molecule has 0 aliphatic heterocycles. The summed E-state index contributed by atoms with van der Waals surface area (Å²) in [4.78, 5) is 4.48. The van der Waals surface area contributed by atoms with Crippen molar-refractivity contribution in [1.82, 2.24) is 4.98 Å². The molecule has 4 heteroatoms. The number of nitrogens with two attached hydrogens (primary N) is 1. The van der Waals surface area contributed by atoms with E-state index in [0.29, 0.717) is 12.4 Å². The molecule has 0 aliphatic rings. The molecular weight excluding hydrogens is 280 g/mol. The van der Waals surface area contributed by atoms with Crippen molar-refractivity contribution in [2.45, 2.75) is 6.54 Å². The van der Waals surface area contributed by atoms with Gasteiger partial charge in [0.05, 0.1) is 12.8 Å². The maximum absolute atomic E-state index is 5.64. The number of halogens is 1. The van der Waals surface area contributed by atoms with Crippen molar-refractivity contribution >= 4 is 15.9 Å². The SMILES string of the molecule is COc1nc(-c2ccccc2)c(Br)cc1CN. The summed E-state index contributed by atoms with van der Waals surface area (Å²) in [5, 5.41) is 0. The van der Waals surface area contributed by atoms with E-state index in [1.165, 1.54) is 0 Å². The van der Waals surface area contributed by atoms with Crippen LogP contribution < -0.4 is 10.5 Å². The predicted octanol–water partition coefficient (Wildman–Crippen LogP) is 2.98. The van der Waals surface area contributed by atoms with Gasteiger partial charge in [0.15, 0.2) is 0 Å². The van der Waals surface area contributed by atoms with E-state index in [2.05, 4.69) is 20.9 Å². The third-order valence-electron chi connectivity index (χ3n) is 2.48. The first-order chi connectivity index (χ1) is 8.26. The highest BCUT2D eigenvalue weighted by molar-refractivity contribution is 9.10. The molecule has 0 saturated heterocycles. The molecule has 0 aliphatic carbocycles. The van der Waals surface area contributed by atoms with Gasteiger partial charge in [0, 0.05) is 22.1 Å². The molecule has 1 aromatic heterocycles. The molecule has 0 atom stereocenters. The van der Waals surface area contributed by atoms with Gasteiger partial charge in [-0.2, -0.15) is 0 Å². The fourth-order valence-corrected chi connectivity index (χ4v) is 2.23. The molecule has 2 rings (SSSR count). The largest absolute Gasteiger partial charge is 0.481 e. The maximum atomic E-state index is 5.64. The summed E-state index contributed by atoms with van der Waals surface area (Å²) in [6.07, 6.45) is 0. The number of hydrogen-bond donors (Lipinski definition) is 1. The van der Waals surface area contributed by atoms with E-state index in [4.69, 9.17) is 10.5 Å². The Bertz CT molecular complexity index is 514. The lowest BCUT2D eigenvalue weighted by Crippen LogP contribution is -2.03. The molecule has 0 radical (unpaired) electrons. The molecule has 0 saturated carbocycles. The monoisotopic (exact) mass is 292 g/mol. The van der Waals surface area contributed by atoms with Crippen LogP contribution in [0.1, 0.15) is 5.56 Å². The van der Waals surface area contributed by atoms with Crippen LogP contribution in [0.3, 0.4) is 0 Å². The Labute approximate surface area is 109 Å². The second-order valence-electron chi connectivity index (χ2n) is 3.56. The molecular formula is C13H13BrN2O. The van der Waals surface area contributed by atoms with Crippen LogP contribution in [-0.2, 0) is 6.54 Å². The Morgan fingerprint density at radius 2 is 2.00 bits per heavy atom. The smallest absolute Gasteiger partial charge is 0.218 e. The van der Waals surface area contributed by atoms with Crippen molar-refractivity contribution in [1.29, 1.82) is 0 Å². The highest BCUT2D eigenvalue weighted by Gasteiger charge is 2.11. The standard InChI is InChI=1S/C13H13BrN2O/c1-17-13-10(8-15)7-11(14)12(16-13)9-5-3-2-4-6-9/h2-7H,8,15H2,1H3. The number of hydrogen-bond acceptors (Lipinski definition) is 3. The number of nitrogens with zero attached hydrogens (tertiary/aromatic N) is 1. The molecule has 2 N–H and O–H groups in total. The van der Waals surface area contributed by atoms with E-state index in [1.54, 1.807) is 7.11 Å². The number of benzene rings is 1. The third-order valence-corrected chi connectivity index (χ3v) is 3.08. The molecule has 0 spiro atoms. The van der Waals surface area contributed by atoms with Crippen LogP contribution in [0.5, 0.6) is 5.88 Å². The van der Waals surface area contributed by atoms with Crippen LogP contribution in [0.4, 0.5) is 0 Å². The molecule has 0 bridgehead atoms. The van der Waals surface area contributed by atoms with Gasteiger partial charge in [-0.1, -0.05) is 30.3 Å². The fraction of sp³-hybridized carbons (Fsp3) is 0.154. The van der Waals surface area contributed by atoms with Crippen LogP contribution in [0.25, 0.3) is 11.3 Å². The van der Waals surface area contributed by atoms with E-state index in [9.17, 15) is 0 Å². The van der Waals surface area contributed by atoms with Crippen molar-refractivity contribution in [3.05, 3.63) is 46.4 Å². The van der Waals surface area contributed by atoms with Gasteiger partial charge in [-0.15, -0.1) is 0 Å². The minimum atomic E-state index is 0.407. The van der Waals surface area contributed by atoms with Gasteiger partial charge in [-0.3, -0.25) is 0 Å². The van der Waals surface area contributed by atoms with Crippen LogP contribution in [-0.4, -0.2) is 12.1 Å². The Morgan fingerprint density at radius 3 is 2.59 bits per heavy atom. The lowest BCUT2D eigenvalue weighted by molar-refractivity contribution is 0.393. The summed E-state index contributed by atoms with van der Waals surface area (Å²) in [5.74, 6) is 0.578. The van der Waals surface area contributed by atoms with Crippen molar-refractivity contribution in [2.75, 3.05) is 7.11 Å². The van der Waals surface area contributed by atoms with E-state index in [1.807, 2.05) is 36.4 Å². The zero-order chi connectivity index (χ0) is 12.3. The van der Waals surface area contributed by atoms with Crippen LogP contribution in [0.2, 0.25) is 0 Å². The first-order valence-electron chi connectivity index (χ1n) is 5.25.